The lowest BCUT2D eigenvalue weighted by Crippen LogP contribution is -2.37. The van der Waals surface area contributed by atoms with Crippen molar-refractivity contribution in [3.8, 4) is 23.2 Å². The van der Waals surface area contributed by atoms with Crippen molar-refractivity contribution in [3.63, 3.8) is 0 Å². The van der Waals surface area contributed by atoms with Crippen LogP contribution in [0.4, 0.5) is 5.69 Å². The minimum atomic E-state index is -0.752. The molecule has 0 radical (unpaired) electrons. The summed E-state index contributed by atoms with van der Waals surface area (Å²) in [6.45, 7) is 5.96. The Morgan fingerprint density at radius 3 is 2.67 bits per heavy atom. The summed E-state index contributed by atoms with van der Waals surface area (Å²) < 4.78 is 6.42. The predicted octanol–water partition coefficient (Wildman–Crippen LogP) is 5.45. The third-order valence-electron chi connectivity index (χ3n) is 5.38. The summed E-state index contributed by atoms with van der Waals surface area (Å²) in [5.74, 6) is 1.15. The number of rotatable bonds is 6. The lowest BCUT2D eigenvalue weighted by atomic mass is 10.0. The summed E-state index contributed by atoms with van der Waals surface area (Å²) in [5.41, 5.74) is 4.28. The summed E-state index contributed by atoms with van der Waals surface area (Å²) in [7, 11) is 0. The second kappa shape index (κ2) is 10.0. The van der Waals surface area contributed by atoms with E-state index in [9.17, 15) is 10.1 Å². The molecule has 33 heavy (non-hydrogen) atoms. The zero-order chi connectivity index (χ0) is 23.4. The van der Waals surface area contributed by atoms with Crippen LogP contribution in [0, 0.1) is 18.3 Å². The molecule has 4 rings (SSSR count). The normalized spacial score (nSPS) is 14.5. The molecule has 1 aliphatic heterocycles. The van der Waals surface area contributed by atoms with Gasteiger partial charge < -0.3 is 4.74 Å². The van der Waals surface area contributed by atoms with Crippen molar-refractivity contribution in [1.82, 2.24) is 15.2 Å². The number of anilines is 1. The van der Waals surface area contributed by atoms with Gasteiger partial charge in [0.1, 0.15) is 0 Å². The van der Waals surface area contributed by atoms with Crippen LogP contribution in [-0.4, -0.2) is 26.8 Å². The largest absolute Gasteiger partial charge is 0.447 e. The second-order valence-electron chi connectivity index (χ2n) is 7.79. The van der Waals surface area contributed by atoms with Gasteiger partial charge in [0, 0.05) is 23.3 Å². The third-order valence-corrected chi connectivity index (χ3v) is 6.31. The Morgan fingerprint density at radius 2 is 1.97 bits per heavy atom. The number of thioether (sulfide) groups is 1. The molecule has 0 bridgehead atoms. The van der Waals surface area contributed by atoms with Crippen molar-refractivity contribution in [3.05, 3.63) is 59.2 Å². The van der Waals surface area contributed by atoms with Gasteiger partial charge in [-0.15, -0.1) is 10.2 Å². The van der Waals surface area contributed by atoms with E-state index >= 15 is 0 Å². The van der Waals surface area contributed by atoms with Crippen molar-refractivity contribution in [1.29, 1.82) is 5.26 Å². The number of nitrogens with zero attached hydrogens (tertiary/aromatic N) is 5. The Balaban J connectivity index is 1.88. The van der Waals surface area contributed by atoms with Crippen molar-refractivity contribution >= 4 is 23.4 Å². The highest BCUT2D eigenvalue weighted by molar-refractivity contribution is 7.99. The molecule has 8 heteroatoms. The summed E-state index contributed by atoms with van der Waals surface area (Å²) >= 11 is 1.54. The molecule has 7 nitrogen and oxygen atoms in total. The standard InChI is InChI=1S/C25H25N5O2S/c1-4-6-13-33-25-27-23-22(28-29-25)19-14-16(3)7-12-20(19)30(21(31)5-2)24(32-23)18-10-8-17(15-26)9-11-18/h7-12,14,24H,4-6,13H2,1-3H3/t24-/m1/s1. The molecule has 1 aromatic heterocycles. The molecule has 0 aliphatic carbocycles. The monoisotopic (exact) mass is 459 g/mol. The maximum absolute atomic E-state index is 13.2. The quantitative estimate of drug-likeness (QED) is 0.358. The highest BCUT2D eigenvalue weighted by atomic mass is 32.2. The van der Waals surface area contributed by atoms with E-state index in [1.807, 2.05) is 44.2 Å². The predicted molar refractivity (Wildman–Crippen MR) is 128 cm³/mol. The van der Waals surface area contributed by atoms with Crippen LogP contribution in [0.25, 0.3) is 11.3 Å². The fourth-order valence-electron chi connectivity index (χ4n) is 3.63. The number of hydrogen-bond donors (Lipinski definition) is 0. The number of benzene rings is 2. The van der Waals surface area contributed by atoms with Crippen LogP contribution in [0.5, 0.6) is 5.88 Å². The smallest absolute Gasteiger partial charge is 0.247 e. The molecule has 0 spiro atoms. The topological polar surface area (TPSA) is 92.0 Å². The Hall–Kier alpha value is -3.44. The van der Waals surface area contributed by atoms with E-state index in [0.29, 0.717) is 34.4 Å². The number of aromatic nitrogens is 3. The van der Waals surface area contributed by atoms with Crippen LogP contribution in [0.1, 0.15) is 56.0 Å². The minimum Gasteiger partial charge on any atom is -0.447 e. The number of ether oxygens (including phenoxy) is 1. The molecule has 0 unspecified atom stereocenters. The Labute approximate surface area is 197 Å². The molecule has 1 atom stereocenters. The van der Waals surface area contributed by atoms with Gasteiger partial charge in [0.05, 0.1) is 17.3 Å². The maximum atomic E-state index is 13.2. The van der Waals surface area contributed by atoms with E-state index in [0.717, 1.165) is 35.3 Å². The first kappa shape index (κ1) is 22.7. The number of fused-ring (bicyclic) bond motifs is 3. The van der Waals surface area contributed by atoms with E-state index in [4.69, 9.17) is 4.74 Å². The molecule has 1 aliphatic rings. The maximum Gasteiger partial charge on any atom is 0.247 e. The number of carbonyl (C=O) groups excluding carboxylic acids is 1. The summed E-state index contributed by atoms with van der Waals surface area (Å²) in [6.07, 6.45) is 1.69. The lowest BCUT2D eigenvalue weighted by Gasteiger charge is -2.30. The van der Waals surface area contributed by atoms with Gasteiger partial charge in [-0.2, -0.15) is 10.2 Å². The SMILES string of the molecule is CCCCSc1nnc2c(n1)O[C@H](c1ccc(C#N)cc1)N(C(=O)CC)c1ccc(C)cc1-2. The van der Waals surface area contributed by atoms with Crippen LogP contribution < -0.4 is 9.64 Å². The number of amides is 1. The van der Waals surface area contributed by atoms with Crippen LogP contribution in [0.15, 0.2) is 47.6 Å². The summed E-state index contributed by atoms with van der Waals surface area (Å²) in [4.78, 5) is 19.5. The van der Waals surface area contributed by atoms with E-state index in [2.05, 4.69) is 28.2 Å². The zero-order valence-electron chi connectivity index (χ0n) is 18.9. The molecule has 1 amide bonds. The molecule has 3 aromatic rings. The van der Waals surface area contributed by atoms with E-state index in [-0.39, 0.29) is 5.91 Å². The molecule has 0 saturated carbocycles. The highest BCUT2D eigenvalue weighted by Crippen LogP contribution is 2.44. The van der Waals surface area contributed by atoms with Gasteiger partial charge in [0.25, 0.3) is 0 Å². The van der Waals surface area contributed by atoms with Crippen molar-refractivity contribution in [2.24, 2.45) is 0 Å². The van der Waals surface area contributed by atoms with Gasteiger partial charge >= 0.3 is 0 Å². The van der Waals surface area contributed by atoms with Crippen LogP contribution >= 0.6 is 11.8 Å². The fourth-order valence-corrected chi connectivity index (χ4v) is 4.49. The molecule has 2 aromatic carbocycles. The first-order valence-electron chi connectivity index (χ1n) is 11.0. The van der Waals surface area contributed by atoms with E-state index < -0.39 is 6.23 Å². The Bertz CT molecular complexity index is 1210. The molecular weight excluding hydrogens is 434 g/mol. The molecule has 2 heterocycles. The van der Waals surface area contributed by atoms with Gasteiger partial charge in [0.2, 0.25) is 23.2 Å². The number of carbonyl (C=O) groups is 1. The fraction of sp³-hybridized carbons (Fsp3) is 0.320. The molecule has 0 N–H and O–H groups in total. The highest BCUT2D eigenvalue weighted by Gasteiger charge is 2.35. The van der Waals surface area contributed by atoms with E-state index in [1.165, 1.54) is 0 Å². The van der Waals surface area contributed by atoms with Crippen LogP contribution in [0.2, 0.25) is 0 Å². The second-order valence-corrected chi connectivity index (χ2v) is 8.85. The molecule has 168 valence electrons. The summed E-state index contributed by atoms with van der Waals surface area (Å²) in [6, 6.07) is 15.1. The average Bonchev–Trinajstić information content (AvgIpc) is 2.98. The van der Waals surface area contributed by atoms with Gasteiger partial charge in [-0.05, 0) is 37.6 Å². The van der Waals surface area contributed by atoms with Gasteiger partial charge in [-0.25, -0.2) is 0 Å². The van der Waals surface area contributed by atoms with Crippen molar-refractivity contribution in [2.75, 3.05) is 10.7 Å². The van der Waals surface area contributed by atoms with E-state index in [1.54, 1.807) is 28.8 Å². The van der Waals surface area contributed by atoms with Crippen molar-refractivity contribution in [2.45, 2.75) is 51.4 Å². The molecule has 0 saturated heterocycles. The summed E-state index contributed by atoms with van der Waals surface area (Å²) in [5, 5.41) is 18.5. The van der Waals surface area contributed by atoms with Gasteiger partial charge in [0.15, 0.2) is 5.69 Å². The Kier molecular flexibility index (Phi) is 6.90. The lowest BCUT2D eigenvalue weighted by molar-refractivity contribution is -0.120. The Morgan fingerprint density at radius 1 is 1.18 bits per heavy atom. The molecular formula is C25H25N5O2S. The van der Waals surface area contributed by atoms with Gasteiger partial charge in [-0.3, -0.25) is 9.69 Å². The first-order valence-corrected chi connectivity index (χ1v) is 12.0. The van der Waals surface area contributed by atoms with Crippen LogP contribution in [0.3, 0.4) is 0 Å². The number of hydrogen-bond acceptors (Lipinski definition) is 7. The molecule has 0 fully saturated rings. The number of unbranched alkanes of at least 4 members (excludes halogenated alkanes) is 1. The third kappa shape index (κ3) is 4.69. The average molecular weight is 460 g/mol. The van der Waals surface area contributed by atoms with Gasteiger partial charge in [-0.1, -0.05) is 55.8 Å². The van der Waals surface area contributed by atoms with Crippen LogP contribution in [-0.2, 0) is 4.79 Å². The number of nitriles is 1. The first-order chi connectivity index (χ1) is 16.0. The van der Waals surface area contributed by atoms with Crippen molar-refractivity contribution < 1.29 is 9.53 Å². The zero-order valence-corrected chi connectivity index (χ0v) is 19.7. The minimum absolute atomic E-state index is 0.0900. The number of aryl methyl sites for hydroxylation is 1.